The van der Waals surface area contributed by atoms with Crippen molar-refractivity contribution in [2.45, 2.75) is 12.8 Å². The fraction of sp³-hybridized carbons (Fsp3) is 0.231. The third kappa shape index (κ3) is 2.20. The first-order valence-electron chi connectivity index (χ1n) is 5.41. The van der Waals surface area contributed by atoms with Gasteiger partial charge in [0.15, 0.2) is 0 Å². The van der Waals surface area contributed by atoms with Crippen LogP contribution >= 0.6 is 0 Å². The molecule has 1 aliphatic rings. The van der Waals surface area contributed by atoms with Crippen LogP contribution in [0, 0.1) is 10.1 Å². The van der Waals surface area contributed by atoms with Crippen molar-refractivity contribution in [3.63, 3.8) is 0 Å². The minimum atomic E-state index is -0.336. The molecule has 0 amide bonds. The van der Waals surface area contributed by atoms with E-state index in [2.05, 4.69) is 0 Å². The molecule has 0 N–H and O–H groups in total. The number of rotatable bonds is 3. The summed E-state index contributed by atoms with van der Waals surface area (Å²) in [4.78, 5) is 10.7. The molecule has 4 nitrogen and oxygen atoms in total. The summed E-state index contributed by atoms with van der Waals surface area (Å²) in [6.07, 6.45) is 4.90. The second kappa shape index (κ2) is 4.82. The van der Waals surface area contributed by atoms with E-state index in [1.807, 2.05) is 30.3 Å². The topological polar surface area (TPSA) is 52.4 Å². The smallest absolute Gasteiger partial charge is 0.273 e. The molecule has 0 bridgehead atoms. The van der Waals surface area contributed by atoms with Gasteiger partial charge in [-0.2, -0.15) is 0 Å². The van der Waals surface area contributed by atoms with Crippen LogP contribution in [0.5, 0.6) is 5.75 Å². The zero-order chi connectivity index (χ0) is 12.3. The summed E-state index contributed by atoms with van der Waals surface area (Å²) in [5, 5.41) is 11.0. The Bertz CT molecular complexity index is 503. The Morgan fingerprint density at radius 3 is 2.82 bits per heavy atom. The Balaban J connectivity index is 2.57. The maximum absolute atomic E-state index is 11.0. The standard InChI is InChI=1S/C13H13NO3/c1-17-13-9-5-3-7-11(13)10-6-2-4-8-12(10)14(15)16/h3-5,7-9H,2,6H2,1H3. The number of methoxy groups -OCH3 is 1. The highest BCUT2D eigenvalue weighted by atomic mass is 16.6. The first-order chi connectivity index (χ1) is 8.24. The summed E-state index contributed by atoms with van der Waals surface area (Å²) in [7, 11) is 1.57. The lowest BCUT2D eigenvalue weighted by atomic mass is 9.94. The number of nitro groups is 1. The average Bonchev–Trinajstić information content (AvgIpc) is 2.38. The highest BCUT2D eigenvalue weighted by molar-refractivity contribution is 5.74. The van der Waals surface area contributed by atoms with Crippen molar-refractivity contribution in [1.29, 1.82) is 0 Å². The zero-order valence-electron chi connectivity index (χ0n) is 9.55. The molecule has 0 heterocycles. The van der Waals surface area contributed by atoms with E-state index < -0.39 is 0 Å². The summed E-state index contributed by atoms with van der Waals surface area (Å²) in [5.41, 5.74) is 1.72. The van der Waals surface area contributed by atoms with Gasteiger partial charge in [-0.15, -0.1) is 0 Å². The van der Waals surface area contributed by atoms with Crippen molar-refractivity contribution < 1.29 is 9.66 Å². The summed E-state index contributed by atoms with van der Waals surface area (Å²) < 4.78 is 5.25. The number of benzene rings is 1. The number of hydrogen-bond acceptors (Lipinski definition) is 3. The lowest BCUT2D eigenvalue weighted by molar-refractivity contribution is -0.418. The largest absolute Gasteiger partial charge is 0.496 e. The van der Waals surface area contributed by atoms with Crippen LogP contribution in [0.4, 0.5) is 0 Å². The maximum atomic E-state index is 11.0. The molecule has 0 aromatic heterocycles. The Kier molecular flexibility index (Phi) is 3.23. The Hall–Kier alpha value is -2.10. The van der Waals surface area contributed by atoms with Gasteiger partial charge in [-0.1, -0.05) is 24.3 Å². The highest BCUT2D eigenvalue weighted by Gasteiger charge is 2.21. The summed E-state index contributed by atoms with van der Waals surface area (Å²) >= 11 is 0. The molecule has 0 saturated carbocycles. The zero-order valence-corrected chi connectivity index (χ0v) is 9.55. The third-order valence-electron chi connectivity index (χ3n) is 2.77. The van der Waals surface area contributed by atoms with E-state index in [0.717, 1.165) is 17.6 Å². The van der Waals surface area contributed by atoms with Crippen LogP contribution < -0.4 is 4.74 Å². The van der Waals surface area contributed by atoms with E-state index in [1.165, 1.54) is 0 Å². The van der Waals surface area contributed by atoms with Crippen molar-refractivity contribution in [1.82, 2.24) is 0 Å². The van der Waals surface area contributed by atoms with E-state index in [0.29, 0.717) is 12.2 Å². The summed E-state index contributed by atoms with van der Waals surface area (Å²) in [5.74, 6) is 0.678. The molecule has 0 saturated heterocycles. The molecule has 88 valence electrons. The van der Waals surface area contributed by atoms with Crippen molar-refractivity contribution in [3.05, 3.63) is 57.8 Å². The van der Waals surface area contributed by atoms with E-state index >= 15 is 0 Å². The molecule has 2 rings (SSSR count). The Labute approximate surface area is 99.4 Å². The number of para-hydroxylation sites is 1. The minimum Gasteiger partial charge on any atom is -0.496 e. The highest BCUT2D eigenvalue weighted by Crippen LogP contribution is 2.34. The molecular weight excluding hydrogens is 218 g/mol. The third-order valence-corrected chi connectivity index (χ3v) is 2.77. The molecule has 1 aliphatic carbocycles. The molecule has 0 radical (unpaired) electrons. The fourth-order valence-electron chi connectivity index (χ4n) is 1.99. The first-order valence-corrected chi connectivity index (χ1v) is 5.41. The predicted molar refractivity (Wildman–Crippen MR) is 65.3 cm³/mol. The van der Waals surface area contributed by atoms with Gasteiger partial charge in [0.2, 0.25) is 0 Å². The van der Waals surface area contributed by atoms with Crippen molar-refractivity contribution in [3.8, 4) is 5.75 Å². The van der Waals surface area contributed by atoms with E-state index in [9.17, 15) is 10.1 Å². The van der Waals surface area contributed by atoms with Gasteiger partial charge in [0, 0.05) is 17.2 Å². The average molecular weight is 231 g/mol. The van der Waals surface area contributed by atoms with Crippen LogP contribution in [0.15, 0.2) is 42.1 Å². The molecule has 0 spiro atoms. The molecule has 0 aliphatic heterocycles. The SMILES string of the molecule is COc1ccccc1C1=C([N+](=O)[O-])C=CCC1. The minimum absolute atomic E-state index is 0.167. The number of nitrogens with zero attached hydrogens (tertiary/aromatic N) is 1. The van der Waals surface area contributed by atoms with Crippen LogP contribution in [0.2, 0.25) is 0 Å². The number of hydrogen-bond donors (Lipinski definition) is 0. The van der Waals surface area contributed by atoms with Gasteiger partial charge in [0.25, 0.3) is 5.70 Å². The monoisotopic (exact) mass is 231 g/mol. The van der Waals surface area contributed by atoms with Gasteiger partial charge >= 0.3 is 0 Å². The molecule has 17 heavy (non-hydrogen) atoms. The fourth-order valence-corrected chi connectivity index (χ4v) is 1.99. The van der Waals surface area contributed by atoms with Crippen LogP contribution in [0.3, 0.4) is 0 Å². The molecular formula is C13H13NO3. The van der Waals surface area contributed by atoms with Crippen molar-refractivity contribution in [2.24, 2.45) is 0 Å². The first kappa shape index (κ1) is 11.4. The predicted octanol–water partition coefficient (Wildman–Crippen LogP) is 3.03. The van der Waals surface area contributed by atoms with Gasteiger partial charge in [-0.3, -0.25) is 10.1 Å². The van der Waals surface area contributed by atoms with Crippen molar-refractivity contribution >= 4 is 5.57 Å². The molecule has 4 heteroatoms. The van der Waals surface area contributed by atoms with Gasteiger partial charge in [-0.05, 0) is 18.9 Å². The van der Waals surface area contributed by atoms with Gasteiger partial charge in [-0.25, -0.2) is 0 Å². The second-order valence-corrected chi connectivity index (χ2v) is 3.76. The Morgan fingerprint density at radius 1 is 1.35 bits per heavy atom. The van der Waals surface area contributed by atoms with Crippen LogP contribution in [-0.2, 0) is 0 Å². The molecule has 1 aromatic carbocycles. The van der Waals surface area contributed by atoms with Gasteiger partial charge < -0.3 is 4.74 Å². The summed E-state index contributed by atoms with van der Waals surface area (Å²) in [6, 6.07) is 7.39. The van der Waals surface area contributed by atoms with Gasteiger partial charge in [0.1, 0.15) is 5.75 Å². The Morgan fingerprint density at radius 2 is 2.12 bits per heavy atom. The molecule has 0 unspecified atom stereocenters. The number of ether oxygens (including phenoxy) is 1. The molecule has 0 fully saturated rings. The van der Waals surface area contributed by atoms with Crippen LogP contribution in [0.25, 0.3) is 5.57 Å². The molecule has 0 atom stereocenters. The van der Waals surface area contributed by atoms with E-state index in [1.54, 1.807) is 13.2 Å². The van der Waals surface area contributed by atoms with Crippen molar-refractivity contribution in [2.75, 3.05) is 7.11 Å². The number of allylic oxidation sites excluding steroid dienone is 3. The van der Waals surface area contributed by atoms with Crippen LogP contribution in [-0.4, -0.2) is 12.0 Å². The van der Waals surface area contributed by atoms with Crippen LogP contribution in [0.1, 0.15) is 18.4 Å². The normalized spacial score (nSPS) is 14.9. The lowest BCUT2D eigenvalue weighted by Crippen LogP contribution is -2.04. The van der Waals surface area contributed by atoms with Gasteiger partial charge in [0.05, 0.1) is 12.0 Å². The summed E-state index contributed by atoms with van der Waals surface area (Å²) in [6.45, 7) is 0. The van der Waals surface area contributed by atoms with E-state index in [4.69, 9.17) is 4.74 Å². The lowest BCUT2D eigenvalue weighted by Gasteiger charge is -2.13. The molecule has 1 aromatic rings. The van der Waals surface area contributed by atoms with E-state index in [-0.39, 0.29) is 10.6 Å². The quantitative estimate of drug-likeness (QED) is 0.593. The second-order valence-electron chi connectivity index (χ2n) is 3.76. The maximum Gasteiger partial charge on any atom is 0.273 e.